The Morgan fingerprint density at radius 3 is 3.06 bits per heavy atom. The van der Waals surface area contributed by atoms with Crippen molar-refractivity contribution in [2.45, 2.75) is 25.9 Å². The van der Waals surface area contributed by atoms with Gasteiger partial charge in [-0.1, -0.05) is 0 Å². The first-order valence-corrected chi connectivity index (χ1v) is 7.20. The van der Waals surface area contributed by atoms with Crippen molar-refractivity contribution in [2.24, 2.45) is 0 Å². The molecule has 0 amide bonds. The van der Waals surface area contributed by atoms with Crippen LogP contribution >= 0.6 is 22.6 Å². The standard InChI is InChI=1S/C13H19IN2O/c1-2-17-11-4-3-7-16(9-11)13-6-5-10(14)8-12(13)15/h5-6,8,11H,2-4,7,9,15H2,1H3. The number of hydrogen-bond donors (Lipinski definition) is 1. The van der Waals surface area contributed by atoms with E-state index in [1.807, 2.05) is 6.07 Å². The number of ether oxygens (including phenoxy) is 1. The Morgan fingerprint density at radius 1 is 1.53 bits per heavy atom. The van der Waals surface area contributed by atoms with Gasteiger partial charge in [-0.05, 0) is 60.6 Å². The zero-order valence-corrected chi connectivity index (χ0v) is 12.3. The van der Waals surface area contributed by atoms with Crippen LogP contribution in [-0.4, -0.2) is 25.8 Å². The number of piperidine rings is 1. The number of hydrogen-bond acceptors (Lipinski definition) is 3. The first kappa shape index (κ1) is 13.0. The molecule has 1 heterocycles. The van der Waals surface area contributed by atoms with E-state index in [1.165, 1.54) is 9.99 Å². The Hall–Kier alpha value is -0.490. The molecule has 2 N–H and O–H groups in total. The number of rotatable bonds is 3. The molecule has 1 atom stereocenters. The summed E-state index contributed by atoms with van der Waals surface area (Å²) in [5.41, 5.74) is 8.10. The average molecular weight is 346 g/mol. The van der Waals surface area contributed by atoms with E-state index in [0.29, 0.717) is 6.10 Å². The van der Waals surface area contributed by atoms with E-state index in [9.17, 15) is 0 Å². The van der Waals surface area contributed by atoms with Crippen molar-refractivity contribution in [1.82, 2.24) is 0 Å². The van der Waals surface area contributed by atoms with Crippen LogP contribution in [0.3, 0.4) is 0 Å². The summed E-state index contributed by atoms with van der Waals surface area (Å²) in [7, 11) is 0. The normalized spacial score (nSPS) is 20.6. The van der Waals surface area contributed by atoms with Crippen LogP contribution in [-0.2, 0) is 4.74 Å². The Bertz CT molecular complexity index is 382. The van der Waals surface area contributed by atoms with Crippen LogP contribution in [0.15, 0.2) is 18.2 Å². The van der Waals surface area contributed by atoms with Crippen molar-refractivity contribution in [3.63, 3.8) is 0 Å². The Kier molecular flexibility index (Phi) is 4.50. The molecule has 2 rings (SSSR count). The van der Waals surface area contributed by atoms with Crippen LogP contribution < -0.4 is 10.6 Å². The molecule has 1 unspecified atom stereocenters. The minimum atomic E-state index is 0.354. The topological polar surface area (TPSA) is 38.5 Å². The van der Waals surface area contributed by atoms with Gasteiger partial charge in [0.2, 0.25) is 0 Å². The third-order valence-electron chi connectivity index (χ3n) is 3.11. The van der Waals surface area contributed by atoms with Gasteiger partial charge in [0, 0.05) is 23.3 Å². The largest absolute Gasteiger partial charge is 0.397 e. The van der Waals surface area contributed by atoms with Gasteiger partial charge in [0.05, 0.1) is 17.5 Å². The van der Waals surface area contributed by atoms with Crippen LogP contribution in [0.25, 0.3) is 0 Å². The second-order valence-electron chi connectivity index (χ2n) is 4.37. The summed E-state index contributed by atoms with van der Waals surface area (Å²) in [6.45, 7) is 4.88. The van der Waals surface area contributed by atoms with Gasteiger partial charge >= 0.3 is 0 Å². The lowest BCUT2D eigenvalue weighted by Crippen LogP contribution is -2.40. The SMILES string of the molecule is CCOC1CCCN(c2ccc(I)cc2N)C1. The molecule has 1 saturated heterocycles. The summed E-state index contributed by atoms with van der Waals surface area (Å²) in [4.78, 5) is 2.34. The minimum Gasteiger partial charge on any atom is -0.397 e. The molecule has 0 aliphatic carbocycles. The van der Waals surface area contributed by atoms with Crippen molar-refractivity contribution >= 4 is 34.0 Å². The van der Waals surface area contributed by atoms with E-state index >= 15 is 0 Å². The van der Waals surface area contributed by atoms with Crippen LogP contribution in [0.2, 0.25) is 0 Å². The Labute approximate surface area is 116 Å². The third-order valence-corrected chi connectivity index (χ3v) is 3.78. The van der Waals surface area contributed by atoms with Gasteiger partial charge in [0.25, 0.3) is 0 Å². The van der Waals surface area contributed by atoms with Crippen molar-refractivity contribution < 1.29 is 4.74 Å². The number of nitrogens with two attached hydrogens (primary N) is 1. The van der Waals surface area contributed by atoms with E-state index in [0.717, 1.165) is 37.5 Å². The monoisotopic (exact) mass is 346 g/mol. The molecule has 0 aromatic heterocycles. The molecule has 17 heavy (non-hydrogen) atoms. The van der Waals surface area contributed by atoms with Gasteiger partial charge in [0.15, 0.2) is 0 Å². The molecule has 4 heteroatoms. The minimum absolute atomic E-state index is 0.354. The lowest BCUT2D eigenvalue weighted by atomic mass is 10.1. The molecular formula is C13H19IN2O. The molecule has 0 bridgehead atoms. The van der Waals surface area contributed by atoms with Gasteiger partial charge in [-0.25, -0.2) is 0 Å². The summed E-state index contributed by atoms with van der Waals surface area (Å²) in [6.07, 6.45) is 2.69. The maximum absolute atomic E-state index is 6.08. The predicted octanol–water partition coefficient (Wildman–Crippen LogP) is 2.88. The van der Waals surface area contributed by atoms with E-state index < -0.39 is 0 Å². The van der Waals surface area contributed by atoms with Crippen molar-refractivity contribution in [1.29, 1.82) is 0 Å². The fourth-order valence-electron chi connectivity index (χ4n) is 2.34. The van der Waals surface area contributed by atoms with Gasteiger partial charge in [0.1, 0.15) is 0 Å². The molecule has 0 spiro atoms. The van der Waals surface area contributed by atoms with E-state index in [4.69, 9.17) is 10.5 Å². The Morgan fingerprint density at radius 2 is 2.35 bits per heavy atom. The van der Waals surface area contributed by atoms with Crippen LogP contribution in [0.4, 0.5) is 11.4 Å². The van der Waals surface area contributed by atoms with E-state index in [-0.39, 0.29) is 0 Å². The summed E-state index contributed by atoms with van der Waals surface area (Å²) >= 11 is 2.29. The molecule has 3 nitrogen and oxygen atoms in total. The highest BCUT2D eigenvalue weighted by Gasteiger charge is 2.21. The van der Waals surface area contributed by atoms with Crippen molar-refractivity contribution in [2.75, 3.05) is 30.3 Å². The molecular weight excluding hydrogens is 327 g/mol. The number of nitrogen functional groups attached to an aromatic ring is 1. The highest BCUT2D eigenvalue weighted by atomic mass is 127. The lowest BCUT2D eigenvalue weighted by molar-refractivity contribution is 0.0527. The zero-order valence-electron chi connectivity index (χ0n) is 10.2. The van der Waals surface area contributed by atoms with Crippen molar-refractivity contribution in [3.05, 3.63) is 21.8 Å². The highest BCUT2D eigenvalue weighted by molar-refractivity contribution is 14.1. The van der Waals surface area contributed by atoms with E-state index in [2.05, 4.69) is 46.5 Å². The second-order valence-corrected chi connectivity index (χ2v) is 5.61. The summed E-state index contributed by atoms with van der Waals surface area (Å²) in [5.74, 6) is 0. The van der Waals surface area contributed by atoms with Gasteiger partial charge in [-0.3, -0.25) is 0 Å². The highest BCUT2D eigenvalue weighted by Crippen LogP contribution is 2.28. The molecule has 1 aliphatic rings. The molecule has 1 aromatic carbocycles. The first-order valence-electron chi connectivity index (χ1n) is 6.12. The summed E-state index contributed by atoms with van der Waals surface area (Å²) < 4.78 is 6.90. The average Bonchev–Trinajstić information content (AvgIpc) is 2.29. The molecule has 0 saturated carbocycles. The second kappa shape index (κ2) is 5.91. The molecule has 0 radical (unpaired) electrons. The quantitative estimate of drug-likeness (QED) is 0.676. The number of halogens is 1. The first-order chi connectivity index (χ1) is 8.20. The molecule has 94 valence electrons. The lowest BCUT2D eigenvalue weighted by Gasteiger charge is -2.34. The predicted molar refractivity (Wildman–Crippen MR) is 80.4 cm³/mol. The molecule has 1 aliphatic heterocycles. The van der Waals surface area contributed by atoms with Crippen LogP contribution in [0.1, 0.15) is 19.8 Å². The van der Waals surface area contributed by atoms with Crippen LogP contribution in [0.5, 0.6) is 0 Å². The summed E-state index contributed by atoms with van der Waals surface area (Å²) in [5, 5.41) is 0. The van der Waals surface area contributed by atoms with Gasteiger partial charge in [-0.15, -0.1) is 0 Å². The van der Waals surface area contributed by atoms with Gasteiger partial charge in [-0.2, -0.15) is 0 Å². The third kappa shape index (κ3) is 3.25. The number of nitrogens with zero attached hydrogens (tertiary/aromatic N) is 1. The fourth-order valence-corrected chi connectivity index (χ4v) is 2.86. The zero-order chi connectivity index (χ0) is 12.3. The molecule has 1 fully saturated rings. The maximum atomic E-state index is 6.08. The number of anilines is 2. The fraction of sp³-hybridized carbons (Fsp3) is 0.538. The van der Waals surface area contributed by atoms with Crippen LogP contribution in [0, 0.1) is 3.57 Å². The van der Waals surface area contributed by atoms with Gasteiger partial charge < -0.3 is 15.4 Å². The maximum Gasteiger partial charge on any atom is 0.0750 e. The number of benzene rings is 1. The van der Waals surface area contributed by atoms with E-state index in [1.54, 1.807) is 0 Å². The molecule has 1 aromatic rings. The summed E-state index contributed by atoms with van der Waals surface area (Å²) in [6, 6.07) is 6.25. The smallest absolute Gasteiger partial charge is 0.0750 e. The Balaban J connectivity index is 2.10. The van der Waals surface area contributed by atoms with Crippen molar-refractivity contribution in [3.8, 4) is 0 Å².